The van der Waals surface area contributed by atoms with E-state index in [9.17, 15) is 0 Å². The number of nitrogens with zero attached hydrogens (tertiary/aromatic N) is 7. The molecule has 0 bridgehead atoms. The van der Waals surface area contributed by atoms with Crippen LogP contribution in [0.3, 0.4) is 0 Å². The van der Waals surface area contributed by atoms with Crippen LogP contribution in [0.1, 0.15) is 30.4 Å². The van der Waals surface area contributed by atoms with Crippen molar-refractivity contribution < 1.29 is 4.74 Å². The van der Waals surface area contributed by atoms with Gasteiger partial charge >= 0.3 is 0 Å². The highest BCUT2D eigenvalue weighted by Crippen LogP contribution is 2.28. The Labute approximate surface area is 153 Å². The van der Waals surface area contributed by atoms with Gasteiger partial charge in [-0.15, -0.1) is 10.2 Å². The minimum Gasteiger partial charge on any atom is -0.384 e. The Kier molecular flexibility index (Phi) is 4.98. The van der Waals surface area contributed by atoms with Gasteiger partial charge in [0.2, 0.25) is 0 Å². The predicted molar refractivity (Wildman–Crippen MR) is 97.7 cm³/mol. The molecule has 4 heterocycles. The van der Waals surface area contributed by atoms with Crippen LogP contribution in [0.15, 0.2) is 12.4 Å². The van der Waals surface area contributed by atoms with Gasteiger partial charge in [0, 0.05) is 45.2 Å². The van der Waals surface area contributed by atoms with Crippen LogP contribution in [0.4, 0.5) is 11.6 Å². The van der Waals surface area contributed by atoms with Gasteiger partial charge in [0.1, 0.15) is 29.6 Å². The molecule has 0 aromatic carbocycles. The average Bonchev–Trinajstić information content (AvgIpc) is 3.03. The zero-order valence-electron chi connectivity index (χ0n) is 15.2. The zero-order valence-corrected chi connectivity index (χ0v) is 15.2. The molecule has 0 aliphatic carbocycles. The van der Waals surface area contributed by atoms with Crippen molar-refractivity contribution in [3.63, 3.8) is 0 Å². The highest BCUT2D eigenvalue weighted by molar-refractivity contribution is 5.46. The van der Waals surface area contributed by atoms with E-state index in [2.05, 4.69) is 41.6 Å². The smallest absolute Gasteiger partial charge is 0.146 e. The molecule has 2 aliphatic heterocycles. The van der Waals surface area contributed by atoms with Crippen LogP contribution in [-0.4, -0.2) is 69.0 Å². The van der Waals surface area contributed by atoms with Crippen LogP contribution in [0, 0.1) is 0 Å². The molecule has 2 aliphatic rings. The molecule has 4 rings (SSSR count). The first kappa shape index (κ1) is 17.2. The molecular formula is C17H26N8O. The highest BCUT2D eigenvalue weighted by Gasteiger charge is 2.27. The maximum absolute atomic E-state index is 5.81. The number of anilines is 2. The van der Waals surface area contributed by atoms with Crippen LogP contribution in [-0.2, 0) is 18.3 Å². The van der Waals surface area contributed by atoms with Gasteiger partial charge < -0.3 is 19.9 Å². The van der Waals surface area contributed by atoms with Crippen molar-refractivity contribution in [2.24, 2.45) is 7.05 Å². The Hall–Kier alpha value is -2.26. The lowest BCUT2D eigenvalue weighted by Crippen LogP contribution is -2.37. The molecule has 0 radical (unpaired) electrons. The summed E-state index contributed by atoms with van der Waals surface area (Å²) in [5.41, 5.74) is 5.81. The van der Waals surface area contributed by atoms with Gasteiger partial charge in [-0.1, -0.05) is 0 Å². The lowest BCUT2D eigenvalue weighted by atomic mass is 9.97. The lowest BCUT2D eigenvalue weighted by Gasteiger charge is -2.33. The largest absolute Gasteiger partial charge is 0.384 e. The summed E-state index contributed by atoms with van der Waals surface area (Å²) in [4.78, 5) is 13.0. The van der Waals surface area contributed by atoms with E-state index in [4.69, 9.17) is 10.5 Å². The van der Waals surface area contributed by atoms with Crippen molar-refractivity contribution in [2.45, 2.75) is 25.3 Å². The van der Waals surface area contributed by atoms with Crippen LogP contribution < -0.4 is 10.6 Å². The van der Waals surface area contributed by atoms with Gasteiger partial charge in [0.05, 0.1) is 19.8 Å². The quantitative estimate of drug-likeness (QED) is 0.839. The van der Waals surface area contributed by atoms with Crippen LogP contribution >= 0.6 is 0 Å². The summed E-state index contributed by atoms with van der Waals surface area (Å²) in [7, 11) is 2.08. The van der Waals surface area contributed by atoms with E-state index in [1.807, 2.05) is 6.07 Å². The second-order valence-corrected chi connectivity index (χ2v) is 7.01. The van der Waals surface area contributed by atoms with Gasteiger partial charge in [-0.3, -0.25) is 4.90 Å². The van der Waals surface area contributed by atoms with Crippen LogP contribution in [0.25, 0.3) is 0 Å². The van der Waals surface area contributed by atoms with Crippen molar-refractivity contribution in [1.82, 2.24) is 29.6 Å². The summed E-state index contributed by atoms with van der Waals surface area (Å²) < 4.78 is 7.59. The number of hydrogen-bond acceptors (Lipinski definition) is 8. The topological polar surface area (TPSA) is 98.2 Å². The standard InChI is InChI=1S/C17H26N8O/c1-23-16(11-24-5-7-26-8-6-24)21-22-17(23)13-3-2-4-25(10-13)15-9-14(18)19-12-20-15/h9,12-13H,2-8,10-11H2,1H3,(H2,18,19,20). The molecule has 0 saturated carbocycles. The third-order valence-corrected chi connectivity index (χ3v) is 5.25. The molecule has 26 heavy (non-hydrogen) atoms. The minimum absolute atomic E-state index is 0.343. The summed E-state index contributed by atoms with van der Waals surface area (Å²) >= 11 is 0. The number of nitrogen functional groups attached to an aromatic ring is 1. The number of aromatic nitrogens is 5. The molecule has 1 unspecified atom stereocenters. The number of nitrogens with two attached hydrogens (primary N) is 1. The van der Waals surface area contributed by atoms with Gasteiger partial charge in [0.25, 0.3) is 0 Å². The molecule has 2 aromatic rings. The molecule has 1 atom stereocenters. The summed E-state index contributed by atoms with van der Waals surface area (Å²) in [6, 6.07) is 1.84. The fourth-order valence-electron chi connectivity index (χ4n) is 3.76. The SMILES string of the molecule is Cn1c(CN2CCOCC2)nnc1C1CCCN(c2cc(N)ncn2)C1. The van der Waals surface area contributed by atoms with Crippen molar-refractivity contribution in [3.05, 3.63) is 24.0 Å². The summed E-state index contributed by atoms with van der Waals surface area (Å²) in [5.74, 6) is 3.81. The summed E-state index contributed by atoms with van der Waals surface area (Å²) in [6.07, 6.45) is 3.73. The Bertz CT molecular complexity index is 742. The normalized spacial score (nSPS) is 21.9. The number of morpholine rings is 1. The van der Waals surface area contributed by atoms with E-state index in [1.54, 1.807) is 0 Å². The number of rotatable bonds is 4. The fraction of sp³-hybridized carbons (Fsp3) is 0.647. The summed E-state index contributed by atoms with van der Waals surface area (Å²) in [6.45, 7) is 6.18. The number of piperidine rings is 1. The third kappa shape index (κ3) is 3.63. The molecule has 9 nitrogen and oxygen atoms in total. The first-order valence-corrected chi connectivity index (χ1v) is 9.21. The lowest BCUT2D eigenvalue weighted by molar-refractivity contribution is 0.0326. The van der Waals surface area contributed by atoms with Gasteiger partial charge in [-0.2, -0.15) is 0 Å². The van der Waals surface area contributed by atoms with Crippen LogP contribution in [0.2, 0.25) is 0 Å². The molecule has 0 spiro atoms. The Morgan fingerprint density at radius 2 is 2.04 bits per heavy atom. The van der Waals surface area contributed by atoms with E-state index < -0.39 is 0 Å². The third-order valence-electron chi connectivity index (χ3n) is 5.25. The van der Waals surface area contributed by atoms with Gasteiger partial charge in [-0.25, -0.2) is 9.97 Å². The molecular weight excluding hydrogens is 332 g/mol. The number of hydrogen-bond donors (Lipinski definition) is 1. The van der Waals surface area contributed by atoms with Crippen molar-refractivity contribution in [2.75, 3.05) is 50.0 Å². The van der Waals surface area contributed by atoms with E-state index in [-0.39, 0.29) is 0 Å². The molecule has 0 amide bonds. The Balaban J connectivity index is 1.46. The van der Waals surface area contributed by atoms with E-state index in [0.717, 1.165) is 76.2 Å². The highest BCUT2D eigenvalue weighted by atomic mass is 16.5. The predicted octanol–water partition coefficient (Wildman–Crippen LogP) is 0.404. The molecule has 2 N–H and O–H groups in total. The van der Waals surface area contributed by atoms with E-state index in [1.165, 1.54) is 6.33 Å². The minimum atomic E-state index is 0.343. The second-order valence-electron chi connectivity index (χ2n) is 7.01. The van der Waals surface area contributed by atoms with Gasteiger partial charge in [0.15, 0.2) is 0 Å². The average molecular weight is 358 g/mol. The molecule has 2 aromatic heterocycles. The van der Waals surface area contributed by atoms with Crippen LogP contribution in [0.5, 0.6) is 0 Å². The molecule has 2 fully saturated rings. The maximum atomic E-state index is 5.81. The van der Waals surface area contributed by atoms with Gasteiger partial charge in [-0.05, 0) is 12.8 Å². The zero-order chi connectivity index (χ0) is 17.9. The summed E-state index contributed by atoms with van der Waals surface area (Å²) in [5, 5.41) is 8.98. The maximum Gasteiger partial charge on any atom is 0.146 e. The van der Waals surface area contributed by atoms with E-state index >= 15 is 0 Å². The molecule has 9 heteroatoms. The van der Waals surface area contributed by atoms with E-state index in [0.29, 0.717) is 11.7 Å². The van der Waals surface area contributed by atoms with Crippen molar-refractivity contribution in [1.29, 1.82) is 0 Å². The van der Waals surface area contributed by atoms with Crippen molar-refractivity contribution >= 4 is 11.6 Å². The Morgan fingerprint density at radius 1 is 1.19 bits per heavy atom. The number of ether oxygens (including phenoxy) is 1. The first-order valence-electron chi connectivity index (χ1n) is 9.21. The second kappa shape index (κ2) is 7.55. The molecule has 140 valence electrons. The molecule has 2 saturated heterocycles. The monoisotopic (exact) mass is 358 g/mol. The fourth-order valence-corrected chi connectivity index (χ4v) is 3.76. The van der Waals surface area contributed by atoms with Crippen molar-refractivity contribution in [3.8, 4) is 0 Å². The Morgan fingerprint density at radius 3 is 2.85 bits per heavy atom. The first-order chi connectivity index (χ1) is 12.7.